The number of esters is 2. The Morgan fingerprint density at radius 3 is 2.06 bits per heavy atom. The van der Waals surface area contributed by atoms with Gasteiger partial charge in [-0.25, -0.2) is 4.79 Å². The van der Waals surface area contributed by atoms with Gasteiger partial charge in [0.15, 0.2) is 11.5 Å². The maximum atomic E-state index is 12.2. The third kappa shape index (κ3) is 10.6. The van der Waals surface area contributed by atoms with Gasteiger partial charge in [-0.3, -0.25) is 14.4 Å². The molecule has 0 heterocycles. The Kier molecular flexibility index (Phi) is 14.2. The molecule has 3 atom stereocenters. The van der Waals surface area contributed by atoms with Crippen LogP contribution < -0.4 is 15.2 Å². The van der Waals surface area contributed by atoms with Crippen LogP contribution in [0.3, 0.4) is 0 Å². The van der Waals surface area contributed by atoms with Gasteiger partial charge in [0.2, 0.25) is 0 Å². The van der Waals surface area contributed by atoms with E-state index in [4.69, 9.17) is 24.7 Å². The highest BCUT2D eigenvalue weighted by Crippen LogP contribution is 2.36. The second-order valence-corrected chi connectivity index (χ2v) is 8.64. The van der Waals surface area contributed by atoms with Gasteiger partial charge in [-0.05, 0) is 42.9 Å². The van der Waals surface area contributed by atoms with Crippen LogP contribution in [0.5, 0.6) is 11.5 Å². The number of carbonyl (C=O) groups is 4. The van der Waals surface area contributed by atoms with E-state index in [2.05, 4.69) is 0 Å². The minimum absolute atomic E-state index is 0.0126. The van der Waals surface area contributed by atoms with E-state index in [0.717, 1.165) is 19.3 Å². The van der Waals surface area contributed by atoms with E-state index >= 15 is 0 Å². The summed E-state index contributed by atoms with van der Waals surface area (Å²) in [6.07, 6.45) is 3.25. The predicted molar refractivity (Wildman–Crippen MR) is 132 cm³/mol. The Bertz CT molecular complexity index is 871. The molecule has 0 saturated heterocycles. The monoisotopic (exact) mass is 509 g/mol. The number of carbonyl (C=O) groups excluding carboxylic acids is 3. The topological polar surface area (TPSA) is 151 Å². The molecule has 0 amide bonds. The van der Waals surface area contributed by atoms with Crippen molar-refractivity contribution in [2.24, 2.45) is 11.7 Å². The van der Waals surface area contributed by atoms with Gasteiger partial charge in [0.25, 0.3) is 0 Å². The van der Waals surface area contributed by atoms with Gasteiger partial charge in [0, 0.05) is 18.8 Å². The van der Waals surface area contributed by atoms with E-state index in [9.17, 15) is 24.3 Å². The summed E-state index contributed by atoms with van der Waals surface area (Å²) < 4.78 is 21.0. The first-order valence-electron chi connectivity index (χ1n) is 12.5. The molecule has 10 heteroatoms. The number of rotatable bonds is 16. The molecule has 0 radical (unpaired) electrons. The zero-order valence-electron chi connectivity index (χ0n) is 21.6. The zero-order chi connectivity index (χ0) is 27.1. The van der Waals surface area contributed by atoms with Gasteiger partial charge in [0.1, 0.15) is 6.04 Å². The number of ether oxygens (including phenoxy) is 4. The van der Waals surface area contributed by atoms with Gasteiger partial charge in [0.05, 0.1) is 13.2 Å². The lowest BCUT2D eigenvalue weighted by Crippen LogP contribution is -2.40. The Morgan fingerprint density at radius 2 is 1.50 bits per heavy atom. The molecular formula is C26H39NO9. The molecule has 0 aliphatic carbocycles. The molecule has 3 N–H and O–H groups in total. The van der Waals surface area contributed by atoms with E-state index in [1.54, 1.807) is 13.0 Å². The summed E-state index contributed by atoms with van der Waals surface area (Å²) in [7, 11) is 0. The molecule has 0 aromatic heterocycles. The Balaban J connectivity index is 3.17. The number of aliphatic carboxylic acids is 1. The first-order chi connectivity index (χ1) is 17.1. The summed E-state index contributed by atoms with van der Waals surface area (Å²) in [5, 5.41) is 9.61. The van der Waals surface area contributed by atoms with Crippen LogP contribution in [0.2, 0.25) is 0 Å². The molecular weight excluding hydrogens is 470 g/mol. The van der Waals surface area contributed by atoms with Crippen molar-refractivity contribution in [2.45, 2.75) is 84.6 Å². The van der Waals surface area contributed by atoms with Crippen molar-refractivity contribution in [1.29, 1.82) is 0 Å². The molecule has 0 aliphatic rings. The maximum Gasteiger partial charge on any atom is 0.508 e. The first kappa shape index (κ1) is 30.9. The molecule has 1 aromatic carbocycles. The number of carboxylic acid groups (broad SMARTS) is 1. The minimum Gasteiger partial charge on any atom is -0.480 e. The second-order valence-electron chi connectivity index (χ2n) is 8.64. The lowest BCUT2D eigenvalue weighted by molar-refractivity contribution is -0.139. The number of nitrogens with two attached hydrogens (primary N) is 1. The largest absolute Gasteiger partial charge is 0.508 e. The number of carboxylic acids is 1. The lowest BCUT2D eigenvalue weighted by Gasteiger charge is -2.28. The van der Waals surface area contributed by atoms with Crippen LogP contribution in [0.4, 0.5) is 4.79 Å². The minimum atomic E-state index is -1.35. The number of benzene rings is 1. The normalized spacial score (nSPS) is 13.2. The highest BCUT2D eigenvalue weighted by molar-refractivity contribution is 5.77. The maximum absolute atomic E-state index is 12.2. The third-order valence-corrected chi connectivity index (χ3v) is 5.43. The van der Waals surface area contributed by atoms with Gasteiger partial charge >= 0.3 is 24.1 Å². The van der Waals surface area contributed by atoms with Crippen LogP contribution in [0.15, 0.2) is 18.2 Å². The molecule has 1 aromatic rings. The molecule has 0 saturated carbocycles. The summed E-state index contributed by atoms with van der Waals surface area (Å²) in [6, 6.07) is 3.08. The van der Waals surface area contributed by atoms with E-state index in [-0.39, 0.29) is 37.6 Å². The van der Waals surface area contributed by atoms with Crippen LogP contribution in [-0.4, -0.2) is 48.4 Å². The molecule has 1 rings (SSSR count). The smallest absolute Gasteiger partial charge is 0.480 e. The summed E-state index contributed by atoms with van der Waals surface area (Å²) in [4.78, 5) is 47.9. The van der Waals surface area contributed by atoms with Crippen molar-refractivity contribution in [3.63, 3.8) is 0 Å². The van der Waals surface area contributed by atoms with Crippen molar-refractivity contribution in [3.05, 3.63) is 23.8 Å². The first-order valence-corrected chi connectivity index (χ1v) is 12.5. The van der Waals surface area contributed by atoms with Gasteiger partial charge in [-0.2, -0.15) is 0 Å². The molecule has 10 nitrogen and oxygen atoms in total. The fraction of sp³-hybridized carbons (Fsp3) is 0.615. The summed E-state index contributed by atoms with van der Waals surface area (Å²) in [5.41, 5.74) is 6.43. The summed E-state index contributed by atoms with van der Waals surface area (Å²) in [6.45, 7) is 7.47. The van der Waals surface area contributed by atoms with Crippen LogP contribution in [0, 0.1) is 5.92 Å². The van der Waals surface area contributed by atoms with Crippen molar-refractivity contribution >= 4 is 24.1 Å². The fourth-order valence-electron chi connectivity index (χ4n) is 3.55. The standard InChI is InChI=1S/C26H39NO9/c1-5-8-9-14-33-26(32)34-16-17(4)23(24(27)25(30)31)18-12-13-19(35-21(28)10-6-2)20(15-18)36-22(29)11-7-3/h12-13,15,17,23-24H,5-11,14,16,27H2,1-4H3,(H,30,31)/t17?,23?,24-/m0/s1. The van der Waals surface area contributed by atoms with Crippen LogP contribution >= 0.6 is 0 Å². The Labute approximate surface area is 212 Å². The van der Waals surface area contributed by atoms with Gasteiger partial charge in [-0.1, -0.05) is 46.6 Å². The van der Waals surface area contributed by atoms with E-state index in [1.165, 1.54) is 12.1 Å². The van der Waals surface area contributed by atoms with Gasteiger partial charge < -0.3 is 29.8 Å². The van der Waals surface area contributed by atoms with Crippen LogP contribution in [-0.2, 0) is 23.9 Å². The predicted octanol–water partition coefficient (Wildman–Crippen LogP) is 4.57. The highest BCUT2D eigenvalue weighted by atomic mass is 16.7. The van der Waals surface area contributed by atoms with E-state index < -0.39 is 41.9 Å². The summed E-state index contributed by atoms with van der Waals surface area (Å²) >= 11 is 0. The number of hydrogen-bond donors (Lipinski definition) is 2. The molecule has 202 valence electrons. The Morgan fingerprint density at radius 1 is 0.889 bits per heavy atom. The Hall–Kier alpha value is -3.14. The quantitative estimate of drug-likeness (QED) is 0.184. The molecule has 0 bridgehead atoms. The van der Waals surface area contributed by atoms with E-state index in [1.807, 2.05) is 20.8 Å². The number of unbranched alkanes of at least 4 members (excludes halogenated alkanes) is 2. The molecule has 0 fully saturated rings. The zero-order valence-corrected chi connectivity index (χ0v) is 21.6. The molecule has 0 aliphatic heterocycles. The summed E-state index contributed by atoms with van der Waals surface area (Å²) in [5.74, 6) is -3.59. The number of hydrogen-bond acceptors (Lipinski definition) is 9. The average molecular weight is 510 g/mol. The van der Waals surface area contributed by atoms with Crippen LogP contribution in [0.25, 0.3) is 0 Å². The second kappa shape index (κ2) is 16.5. The van der Waals surface area contributed by atoms with Crippen molar-refractivity contribution < 1.29 is 43.2 Å². The molecule has 0 spiro atoms. The van der Waals surface area contributed by atoms with Crippen molar-refractivity contribution in [2.75, 3.05) is 13.2 Å². The van der Waals surface area contributed by atoms with Crippen molar-refractivity contribution in [1.82, 2.24) is 0 Å². The van der Waals surface area contributed by atoms with Crippen LogP contribution in [0.1, 0.15) is 84.1 Å². The lowest BCUT2D eigenvalue weighted by atomic mass is 9.82. The third-order valence-electron chi connectivity index (χ3n) is 5.43. The van der Waals surface area contributed by atoms with E-state index in [0.29, 0.717) is 18.4 Å². The van der Waals surface area contributed by atoms with Crippen molar-refractivity contribution in [3.8, 4) is 11.5 Å². The molecule has 2 unspecified atom stereocenters. The fourth-order valence-corrected chi connectivity index (χ4v) is 3.55. The van der Waals surface area contributed by atoms with Gasteiger partial charge in [-0.15, -0.1) is 0 Å². The average Bonchev–Trinajstić information content (AvgIpc) is 2.82. The molecule has 36 heavy (non-hydrogen) atoms. The SMILES string of the molecule is CCCCCOC(=O)OCC(C)C(c1ccc(OC(=O)CCC)c(OC(=O)CCC)c1)[C@H](N)C(=O)O. The highest BCUT2D eigenvalue weighted by Gasteiger charge is 2.33.